The third-order valence-electron chi connectivity index (χ3n) is 3.72. The number of nitrogens with two attached hydrogens (primary N) is 1. The van der Waals surface area contributed by atoms with Crippen LogP contribution in [0, 0.1) is 6.92 Å². The maximum absolute atomic E-state index is 6.10. The van der Waals surface area contributed by atoms with Crippen LogP contribution in [0.15, 0.2) is 18.2 Å². The number of benzene rings is 1. The number of hydrogen-bond acceptors (Lipinski definition) is 2. The zero-order chi connectivity index (χ0) is 12.4. The number of anilines is 1. The second-order valence-electron chi connectivity index (χ2n) is 5.35. The summed E-state index contributed by atoms with van der Waals surface area (Å²) in [6.45, 7) is 4.31. The summed E-state index contributed by atoms with van der Waals surface area (Å²) in [4.78, 5) is 2.43. The number of rotatable bonds is 5. The van der Waals surface area contributed by atoms with Gasteiger partial charge in [-0.15, -0.1) is 0 Å². The van der Waals surface area contributed by atoms with E-state index < -0.39 is 0 Å². The molecule has 1 atom stereocenters. The molecule has 2 nitrogen and oxygen atoms in total. The van der Waals surface area contributed by atoms with E-state index >= 15 is 0 Å². The minimum atomic E-state index is 0.281. The van der Waals surface area contributed by atoms with Gasteiger partial charge in [0.15, 0.2) is 0 Å². The van der Waals surface area contributed by atoms with Crippen molar-refractivity contribution < 1.29 is 0 Å². The van der Waals surface area contributed by atoms with Crippen LogP contribution in [0.5, 0.6) is 0 Å². The predicted octanol–water partition coefficient (Wildman–Crippen LogP) is 2.87. The van der Waals surface area contributed by atoms with E-state index in [9.17, 15) is 0 Å². The van der Waals surface area contributed by atoms with Crippen LogP contribution in [0.1, 0.15) is 37.3 Å². The van der Waals surface area contributed by atoms with Gasteiger partial charge in [-0.2, -0.15) is 0 Å². The summed E-state index contributed by atoms with van der Waals surface area (Å²) >= 11 is 0. The summed E-state index contributed by atoms with van der Waals surface area (Å²) in [7, 11) is 2.21. The van der Waals surface area contributed by atoms with E-state index in [4.69, 9.17) is 5.73 Å². The van der Waals surface area contributed by atoms with Gasteiger partial charge in [-0.05, 0) is 44.2 Å². The molecule has 1 aromatic carbocycles. The standard InChI is InChI=1S/C15H24N2/c1-4-13(16)10-12-9-11(2)5-8-15(12)17(3)14-6-7-14/h5,8-9,13-14H,4,6-7,10,16H2,1-3H3. The van der Waals surface area contributed by atoms with E-state index in [1.165, 1.54) is 29.7 Å². The lowest BCUT2D eigenvalue weighted by atomic mass is 10.00. The molecule has 1 saturated carbocycles. The average Bonchev–Trinajstić information content (AvgIpc) is 3.12. The summed E-state index contributed by atoms with van der Waals surface area (Å²) in [5.74, 6) is 0. The Morgan fingerprint density at radius 3 is 2.71 bits per heavy atom. The third-order valence-corrected chi connectivity index (χ3v) is 3.72. The highest BCUT2D eigenvalue weighted by atomic mass is 15.2. The van der Waals surface area contributed by atoms with Crippen LogP contribution in [0.3, 0.4) is 0 Å². The number of nitrogens with zero attached hydrogens (tertiary/aromatic N) is 1. The SMILES string of the molecule is CCC(N)Cc1cc(C)ccc1N(C)C1CC1. The molecule has 0 radical (unpaired) electrons. The quantitative estimate of drug-likeness (QED) is 0.846. The Balaban J connectivity index is 2.23. The van der Waals surface area contributed by atoms with E-state index in [0.29, 0.717) is 0 Å². The second kappa shape index (κ2) is 5.09. The van der Waals surface area contributed by atoms with Gasteiger partial charge < -0.3 is 10.6 Å². The molecular formula is C15H24N2. The topological polar surface area (TPSA) is 29.3 Å². The fourth-order valence-electron chi connectivity index (χ4n) is 2.31. The highest BCUT2D eigenvalue weighted by molar-refractivity contribution is 5.56. The summed E-state index contributed by atoms with van der Waals surface area (Å²) < 4.78 is 0. The highest BCUT2D eigenvalue weighted by Crippen LogP contribution is 2.33. The summed E-state index contributed by atoms with van der Waals surface area (Å²) in [6, 6.07) is 7.79. The minimum Gasteiger partial charge on any atom is -0.371 e. The lowest BCUT2D eigenvalue weighted by molar-refractivity contribution is 0.645. The lowest BCUT2D eigenvalue weighted by Gasteiger charge is -2.24. The van der Waals surface area contributed by atoms with Crippen LogP contribution in [-0.2, 0) is 6.42 Å². The first kappa shape index (κ1) is 12.4. The van der Waals surface area contributed by atoms with Crippen LogP contribution in [0.2, 0.25) is 0 Å². The van der Waals surface area contributed by atoms with Gasteiger partial charge in [0.1, 0.15) is 0 Å². The first-order valence-corrected chi connectivity index (χ1v) is 6.69. The molecule has 2 rings (SSSR count). The predicted molar refractivity (Wildman–Crippen MR) is 74.6 cm³/mol. The lowest BCUT2D eigenvalue weighted by Crippen LogP contribution is -2.25. The molecule has 2 heteroatoms. The number of hydrogen-bond donors (Lipinski definition) is 1. The Morgan fingerprint density at radius 2 is 2.12 bits per heavy atom. The molecule has 0 spiro atoms. The van der Waals surface area contributed by atoms with Gasteiger partial charge in [0.05, 0.1) is 0 Å². The Hall–Kier alpha value is -1.02. The zero-order valence-corrected chi connectivity index (χ0v) is 11.2. The molecule has 0 aromatic heterocycles. The molecule has 1 unspecified atom stereocenters. The maximum atomic E-state index is 6.10. The Labute approximate surface area is 105 Å². The van der Waals surface area contributed by atoms with Gasteiger partial charge in [0.2, 0.25) is 0 Å². The van der Waals surface area contributed by atoms with Crippen molar-refractivity contribution in [1.29, 1.82) is 0 Å². The Kier molecular flexibility index (Phi) is 3.72. The smallest absolute Gasteiger partial charge is 0.0399 e. The number of aryl methyl sites for hydroxylation is 1. The van der Waals surface area contributed by atoms with E-state index in [1.54, 1.807) is 0 Å². The van der Waals surface area contributed by atoms with E-state index in [-0.39, 0.29) is 6.04 Å². The van der Waals surface area contributed by atoms with Gasteiger partial charge in [-0.3, -0.25) is 0 Å². The van der Waals surface area contributed by atoms with Crippen LogP contribution >= 0.6 is 0 Å². The molecule has 0 bridgehead atoms. The van der Waals surface area contributed by atoms with Crippen LogP contribution in [-0.4, -0.2) is 19.1 Å². The summed E-state index contributed by atoms with van der Waals surface area (Å²) in [5, 5.41) is 0. The van der Waals surface area contributed by atoms with E-state index in [2.05, 4.69) is 44.0 Å². The van der Waals surface area contributed by atoms with Crippen molar-refractivity contribution in [3.8, 4) is 0 Å². The molecule has 1 aliphatic rings. The van der Waals surface area contributed by atoms with Crippen LogP contribution in [0.25, 0.3) is 0 Å². The molecule has 1 fully saturated rings. The Bertz CT molecular complexity index is 383. The molecule has 94 valence electrons. The van der Waals surface area contributed by atoms with Gasteiger partial charge in [0.25, 0.3) is 0 Å². The van der Waals surface area contributed by atoms with Crippen LogP contribution < -0.4 is 10.6 Å². The van der Waals surface area contributed by atoms with Crippen molar-refractivity contribution in [2.75, 3.05) is 11.9 Å². The van der Waals surface area contributed by atoms with Gasteiger partial charge in [0, 0.05) is 24.8 Å². The molecule has 0 heterocycles. The molecule has 0 amide bonds. The monoisotopic (exact) mass is 232 g/mol. The molecule has 0 aliphatic heterocycles. The second-order valence-corrected chi connectivity index (χ2v) is 5.35. The normalized spacial score (nSPS) is 16.9. The first-order valence-electron chi connectivity index (χ1n) is 6.69. The third kappa shape index (κ3) is 3.01. The fourth-order valence-corrected chi connectivity index (χ4v) is 2.31. The zero-order valence-electron chi connectivity index (χ0n) is 11.2. The molecule has 17 heavy (non-hydrogen) atoms. The Morgan fingerprint density at radius 1 is 1.41 bits per heavy atom. The maximum Gasteiger partial charge on any atom is 0.0399 e. The van der Waals surface area contributed by atoms with E-state index in [0.717, 1.165) is 18.9 Å². The minimum absolute atomic E-state index is 0.281. The first-order chi connectivity index (χ1) is 8.11. The average molecular weight is 232 g/mol. The summed E-state index contributed by atoms with van der Waals surface area (Å²) in [6.07, 6.45) is 4.71. The van der Waals surface area contributed by atoms with Crippen LogP contribution in [0.4, 0.5) is 5.69 Å². The molecule has 2 N–H and O–H groups in total. The fraction of sp³-hybridized carbons (Fsp3) is 0.600. The van der Waals surface area contributed by atoms with Crippen molar-refractivity contribution in [2.45, 2.75) is 51.6 Å². The molecular weight excluding hydrogens is 208 g/mol. The van der Waals surface area contributed by atoms with Crippen molar-refractivity contribution >= 4 is 5.69 Å². The van der Waals surface area contributed by atoms with Gasteiger partial charge in [-0.25, -0.2) is 0 Å². The highest BCUT2D eigenvalue weighted by Gasteiger charge is 2.27. The molecule has 0 saturated heterocycles. The van der Waals surface area contributed by atoms with Gasteiger partial charge >= 0.3 is 0 Å². The summed E-state index contributed by atoms with van der Waals surface area (Å²) in [5.41, 5.74) is 10.2. The molecule has 1 aromatic rings. The largest absolute Gasteiger partial charge is 0.371 e. The van der Waals surface area contributed by atoms with Gasteiger partial charge in [-0.1, -0.05) is 24.6 Å². The molecule has 1 aliphatic carbocycles. The van der Waals surface area contributed by atoms with Crippen molar-refractivity contribution in [3.63, 3.8) is 0 Å². The van der Waals surface area contributed by atoms with Crippen molar-refractivity contribution in [2.24, 2.45) is 5.73 Å². The van der Waals surface area contributed by atoms with Crippen molar-refractivity contribution in [1.82, 2.24) is 0 Å². The van der Waals surface area contributed by atoms with E-state index in [1.807, 2.05) is 0 Å². The van der Waals surface area contributed by atoms with Crippen molar-refractivity contribution in [3.05, 3.63) is 29.3 Å².